The number of esters is 1. The molecule has 0 aromatic heterocycles. The molecule has 4 heteroatoms. The second kappa shape index (κ2) is 6.36. The molecule has 0 aromatic carbocycles. The summed E-state index contributed by atoms with van der Waals surface area (Å²) in [6, 6.07) is 0.567. The molecule has 0 aromatic rings. The van der Waals surface area contributed by atoms with Crippen molar-refractivity contribution in [3.63, 3.8) is 0 Å². The Kier molecular flexibility index (Phi) is 5.40. The molecule has 0 N–H and O–H groups in total. The van der Waals surface area contributed by atoms with Crippen molar-refractivity contribution in [3.05, 3.63) is 0 Å². The van der Waals surface area contributed by atoms with Crippen molar-refractivity contribution < 1.29 is 9.53 Å². The van der Waals surface area contributed by atoms with E-state index < -0.39 is 0 Å². The van der Waals surface area contributed by atoms with E-state index in [1.54, 1.807) is 0 Å². The zero-order valence-electron chi connectivity index (χ0n) is 11.8. The third kappa shape index (κ3) is 3.96. The number of hydrogen-bond donors (Lipinski definition) is 0. The lowest BCUT2D eigenvalue weighted by atomic mass is 9.91. The van der Waals surface area contributed by atoms with Crippen molar-refractivity contribution in [2.24, 2.45) is 11.8 Å². The quantitative estimate of drug-likeness (QED) is 0.675. The molecule has 0 bridgehead atoms. The number of likely N-dealkylation sites (tertiary alicyclic amines) is 1. The largest absolute Gasteiger partial charge is 0.469 e. The van der Waals surface area contributed by atoms with Gasteiger partial charge in [0.2, 0.25) is 0 Å². The lowest BCUT2D eigenvalue weighted by Gasteiger charge is -2.25. The Morgan fingerprint density at radius 2 is 2.12 bits per heavy atom. The molecule has 4 nitrogen and oxygen atoms in total. The number of rotatable bonds is 5. The van der Waals surface area contributed by atoms with Crippen LogP contribution in [0, 0.1) is 11.8 Å². The van der Waals surface area contributed by atoms with Gasteiger partial charge in [0.1, 0.15) is 0 Å². The van der Waals surface area contributed by atoms with Crippen molar-refractivity contribution in [1.29, 1.82) is 0 Å². The Bertz CT molecular complexity index is 254. The van der Waals surface area contributed by atoms with Crippen LogP contribution in [0.25, 0.3) is 0 Å². The molecule has 1 rings (SSSR count). The lowest BCUT2D eigenvalue weighted by Crippen LogP contribution is -2.36. The van der Waals surface area contributed by atoms with Crippen molar-refractivity contribution >= 4 is 5.97 Å². The van der Waals surface area contributed by atoms with Crippen LogP contribution < -0.4 is 0 Å². The zero-order valence-corrected chi connectivity index (χ0v) is 11.8. The maximum Gasteiger partial charge on any atom is 0.310 e. The molecule has 0 saturated carbocycles. The van der Waals surface area contributed by atoms with Crippen molar-refractivity contribution in [2.75, 3.05) is 40.8 Å². The summed E-state index contributed by atoms with van der Waals surface area (Å²) in [4.78, 5) is 16.4. The van der Waals surface area contributed by atoms with Gasteiger partial charge >= 0.3 is 5.97 Å². The van der Waals surface area contributed by atoms with Gasteiger partial charge in [0.25, 0.3) is 0 Å². The van der Waals surface area contributed by atoms with Gasteiger partial charge in [0.05, 0.1) is 13.0 Å². The van der Waals surface area contributed by atoms with Crippen LogP contribution >= 0.6 is 0 Å². The molecular weight excluding hydrogens is 216 g/mol. The highest BCUT2D eigenvalue weighted by Crippen LogP contribution is 2.27. The minimum atomic E-state index is -0.0608. The number of methoxy groups -OCH3 is 1. The van der Waals surface area contributed by atoms with Gasteiger partial charge in [-0.3, -0.25) is 4.79 Å². The molecular formula is C13H26N2O2. The van der Waals surface area contributed by atoms with Crippen LogP contribution in [0.2, 0.25) is 0 Å². The first-order valence-corrected chi connectivity index (χ1v) is 6.42. The Labute approximate surface area is 105 Å². The van der Waals surface area contributed by atoms with Crippen molar-refractivity contribution in [3.8, 4) is 0 Å². The average Bonchev–Trinajstić information content (AvgIpc) is 2.73. The second-order valence-corrected chi connectivity index (χ2v) is 5.53. The van der Waals surface area contributed by atoms with E-state index in [0.29, 0.717) is 12.0 Å². The molecule has 1 saturated heterocycles. The highest BCUT2D eigenvalue weighted by Gasteiger charge is 2.35. The molecule has 1 fully saturated rings. The zero-order chi connectivity index (χ0) is 13.0. The average molecular weight is 242 g/mol. The number of carbonyl (C=O) groups is 1. The molecule has 17 heavy (non-hydrogen) atoms. The minimum Gasteiger partial charge on any atom is -0.469 e. The van der Waals surface area contributed by atoms with E-state index in [-0.39, 0.29) is 11.9 Å². The van der Waals surface area contributed by atoms with Gasteiger partial charge in [-0.15, -0.1) is 0 Å². The third-order valence-corrected chi connectivity index (χ3v) is 3.62. The summed E-state index contributed by atoms with van der Waals surface area (Å²) >= 11 is 0. The Balaban J connectivity index is 2.62. The van der Waals surface area contributed by atoms with Gasteiger partial charge in [0, 0.05) is 19.1 Å². The summed E-state index contributed by atoms with van der Waals surface area (Å²) < 4.78 is 4.94. The highest BCUT2D eigenvalue weighted by atomic mass is 16.5. The maximum absolute atomic E-state index is 11.8. The predicted molar refractivity (Wildman–Crippen MR) is 68.9 cm³/mol. The maximum atomic E-state index is 11.8. The Morgan fingerprint density at radius 3 is 2.53 bits per heavy atom. The summed E-state index contributed by atoms with van der Waals surface area (Å²) in [6.45, 7) is 7.32. The molecule has 2 atom stereocenters. The number of carbonyl (C=O) groups excluding carboxylic acids is 1. The molecule has 1 heterocycles. The van der Waals surface area contributed by atoms with E-state index in [1.807, 2.05) is 14.1 Å². The van der Waals surface area contributed by atoms with Crippen molar-refractivity contribution in [1.82, 2.24) is 9.80 Å². The fraction of sp³-hybridized carbons (Fsp3) is 0.923. The number of hydrogen-bond acceptors (Lipinski definition) is 4. The molecule has 0 radical (unpaired) electrons. The summed E-state index contributed by atoms with van der Waals surface area (Å²) in [5.74, 6) is 0.389. The van der Waals surface area contributed by atoms with Crippen molar-refractivity contribution in [2.45, 2.75) is 26.3 Å². The lowest BCUT2D eigenvalue weighted by molar-refractivity contribution is -0.147. The first-order chi connectivity index (χ1) is 7.95. The van der Waals surface area contributed by atoms with Gasteiger partial charge in [-0.2, -0.15) is 0 Å². The number of nitrogens with zero attached hydrogens (tertiary/aromatic N) is 2. The molecule has 1 aliphatic rings. The molecule has 2 unspecified atom stereocenters. The normalized spacial score (nSPS) is 23.4. The van der Waals surface area contributed by atoms with E-state index in [0.717, 1.165) is 26.1 Å². The molecule has 100 valence electrons. The van der Waals surface area contributed by atoms with E-state index in [1.165, 1.54) is 7.11 Å². The number of ether oxygens (including phenoxy) is 1. The molecule has 1 aliphatic heterocycles. The van der Waals surface area contributed by atoms with Crippen LogP contribution in [0.3, 0.4) is 0 Å². The molecule has 0 amide bonds. The predicted octanol–water partition coefficient (Wildman–Crippen LogP) is 1.07. The van der Waals surface area contributed by atoms with Gasteiger partial charge in [-0.1, -0.05) is 0 Å². The van der Waals surface area contributed by atoms with Gasteiger partial charge in [0.15, 0.2) is 0 Å². The van der Waals surface area contributed by atoms with Crippen LogP contribution in [-0.2, 0) is 9.53 Å². The van der Waals surface area contributed by atoms with Gasteiger partial charge in [-0.25, -0.2) is 0 Å². The van der Waals surface area contributed by atoms with Crippen LogP contribution in [-0.4, -0.2) is 62.7 Å². The van der Waals surface area contributed by atoms with Crippen LogP contribution in [0.15, 0.2) is 0 Å². The van der Waals surface area contributed by atoms with Gasteiger partial charge < -0.3 is 14.5 Å². The fourth-order valence-corrected chi connectivity index (χ4v) is 2.57. The monoisotopic (exact) mass is 242 g/mol. The first-order valence-electron chi connectivity index (χ1n) is 6.42. The smallest absolute Gasteiger partial charge is 0.310 e. The summed E-state index contributed by atoms with van der Waals surface area (Å²) in [6.07, 6.45) is 1.10. The summed E-state index contributed by atoms with van der Waals surface area (Å²) in [5, 5.41) is 0. The summed E-state index contributed by atoms with van der Waals surface area (Å²) in [5.41, 5.74) is 0. The SMILES string of the molecule is COC(=O)C(CN(C)C)C1CCN(C(C)C)C1. The van der Waals surface area contributed by atoms with E-state index in [2.05, 4.69) is 23.6 Å². The minimum absolute atomic E-state index is 0.0127. The Morgan fingerprint density at radius 1 is 1.47 bits per heavy atom. The van der Waals surface area contributed by atoms with E-state index in [4.69, 9.17) is 4.74 Å². The topological polar surface area (TPSA) is 32.8 Å². The summed E-state index contributed by atoms with van der Waals surface area (Å²) in [7, 11) is 5.50. The first kappa shape index (κ1) is 14.5. The van der Waals surface area contributed by atoms with Crippen LogP contribution in [0.5, 0.6) is 0 Å². The van der Waals surface area contributed by atoms with E-state index >= 15 is 0 Å². The fourth-order valence-electron chi connectivity index (χ4n) is 2.57. The third-order valence-electron chi connectivity index (χ3n) is 3.62. The molecule has 0 spiro atoms. The standard InChI is InChI=1S/C13H26N2O2/c1-10(2)15-7-6-11(8-15)12(9-14(3)4)13(16)17-5/h10-12H,6-9H2,1-5H3. The van der Waals surface area contributed by atoms with Crippen LogP contribution in [0.1, 0.15) is 20.3 Å². The second-order valence-electron chi connectivity index (χ2n) is 5.53. The van der Waals surface area contributed by atoms with E-state index in [9.17, 15) is 4.79 Å². The molecule has 0 aliphatic carbocycles. The Hall–Kier alpha value is -0.610. The highest BCUT2D eigenvalue weighted by molar-refractivity contribution is 5.73. The van der Waals surface area contributed by atoms with Gasteiger partial charge in [-0.05, 0) is 46.8 Å². The van der Waals surface area contributed by atoms with Crippen LogP contribution in [0.4, 0.5) is 0 Å².